The van der Waals surface area contributed by atoms with Gasteiger partial charge in [-0.2, -0.15) is 0 Å². The first-order valence-corrected chi connectivity index (χ1v) is 7.89. The number of carbonyl (C=O) groups is 3. The minimum Gasteiger partial charge on any atom is -0.461 e. The maximum Gasteiger partial charge on any atom is 0.325 e. The van der Waals surface area contributed by atoms with Gasteiger partial charge in [0.25, 0.3) is 0 Å². The Labute approximate surface area is 125 Å². The predicted molar refractivity (Wildman–Crippen MR) is 76.4 cm³/mol. The Hall–Kier alpha value is -1.59. The zero-order valence-corrected chi connectivity index (χ0v) is 12.7. The summed E-state index contributed by atoms with van der Waals surface area (Å²) >= 11 is 0. The summed E-state index contributed by atoms with van der Waals surface area (Å²) in [5.41, 5.74) is 0. The lowest BCUT2D eigenvalue weighted by molar-refractivity contribution is -0.161. The minimum absolute atomic E-state index is 0.0252. The van der Waals surface area contributed by atoms with Crippen LogP contribution >= 0.6 is 0 Å². The molecule has 0 aromatic carbocycles. The van der Waals surface area contributed by atoms with Crippen LogP contribution in [0.25, 0.3) is 0 Å². The van der Waals surface area contributed by atoms with Crippen molar-refractivity contribution in [1.29, 1.82) is 0 Å². The molecule has 21 heavy (non-hydrogen) atoms. The molecular weight excluding hydrogens is 272 g/mol. The Balaban J connectivity index is 1.82. The van der Waals surface area contributed by atoms with E-state index in [1.165, 1.54) is 22.6 Å². The van der Waals surface area contributed by atoms with Gasteiger partial charge in [0.15, 0.2) is 0 Å². The first-order valence-electron chi connectivity index (χ1n) is 7.89. The van der Waals surface area contributed by atoms with Crippen molar-refractivity contribution in [2.45, 2.75) is 51.6 Å². The van der Waals surface area contributed by atoms with E-state index < -0.39 is 17.8 Å². The Bertz CT molecular complexity index is 402. The number of carbonyl (C=O) groups excluding carboxylic acids is 3. The van der Waals surface area contributed by atoms with Crippen LogP contribution in [0.5, 0.6) is 0 Å². The lowest BCUT2D eigenvalue weighted by atomic mass is 10.1. The summed E-state index contributed by atoms with van der Waals surface area (Å²) in [6.07, 6.45) is 6.35. The van der Waals surface area contributed by atoms with E-state index in [-0.39, 0.29) is 12.6 Å². The second kappa shape index (κ2) is 7.43. The molecule has 2 fully saturated rings. The van der Waals surface area contributed by atoms with E-state index in [1.807, 2.05) is 6.92 Å². The molecule has 2 rings (SSSR count). The van der Waals surface area contributed by atoms with Gasteiger partial charge in [0, 0.05) is 19.6 Å². The molecule has 0 atom stereocenters. The van der Waals surface area contributed by atoms with E-state index in [4.69, 9.17) is 4.74 Å². The number of piperazine rings is 1. The summed E-state index contributed by atoms with van der Waals surface area (Å²) in [4.78, 5) is 38.4. The van der Waals surface area contributed by atoms with Crippen molar-refractivity contribution in [2.24, 2.45) is 0 Å². The van der Waals surface area contributed by atoms with Crippen molar-refractivity contribution in [1.82, 2.24) is 9.80 Å². The molecule has 2 amide bonds. The van der Waals surface area contributed by atoms with Gasteiger partial charge in [-0.3, -0.25) is 14.4 Å². The quantitative estimate of drug-likeness (QED) is 0.440. The fraction of sp³-hybridized carbons (Fsp3) is 0.800. The number of hydrogen-bond donors (Lipinski definition) is 0. The molecule has 1 aliphatic carbocycles. The molecule has 1 aliphatic heterocycles. The van der Waals surface area contributed by atoms with Gasteiger partial charge in [-0.1, -0.05) is 12.8 Å². The van der Waals surface area contributed by atoms with Crippen LogP contribution < -0.4 is 0 Å². The molecule has 0 bridgehead atoms. The van der Waals surface area contributed by atoms with Crippen LogP contribution in [0, 0.1) is 0 Å². The monoisotopic (exact) mass is 296 g/mol. The average Bonchev–Trinajstić information content (AvgIpc) is 2.73. The van der Waals surface area contributed by atoms with Crippen LogP contribution in [0.4, 0.5) is 0 Å². The molecule has 0 aromatic rings. The Morgan fingerprint density at radius 2 is 1.62 bits per heavy atom. The highest BCUT2D eigenvalue weighted by Crippen LogP contribution is 2.20. The van der Waals surface area contributed by atoms with Crippen molar-refractivity contribution in [3.8, 4) is 0 Å². The van der Waals surface area contributed by atoms with Crippen LogP contribution in [0.2, 0.25) is 0 Å². The second-order valence-electron chi connectivity index (χ2n) is 5.71. The maximum atomic E-state index is 12.0. The highest BCUT2D eigenvalue weighted by molar-refractivity contribution is 6.35. The minimum atomic E-state index is -0.596. The summed E-state index contributed by atoms with van der Waals surface area (Å²) in [6, 6.07) is 0. The molecule has 0 N–H and O–H groups in total. The van der Waals surface area contributed by atoms with E-state index in [1.54, 1.807) is 0 Å². The zero-order valence-electron chi connectivity index (χ0n) is 12.7. The van der Waals surface area contributed by atoms with Gasteiger partial charge in [0.2, 0.25) is 0 Å². The fourth-order valence-electron chi connectivity index (χ4n) is 2.91. The summed E-state index contributed by atoms with van der Waals surface area (Å²) in [7, 11) is 0. The van der Waals surface area contributed by atoms with Gasteiger partial charge in [0.1, 0.15) is 12.6 Å². The molecule has 0 spiro atoms. The van der Waals surface area contributed by atoms with Crippen molar-refractivity contribution < 1.29 is 19.1 Å². The van der Waals surface area contributed by atoms with Crippen LogP contribution in [-0.2, 0) is 19.1 Å². The van der Waals surface area contributed by atoms with Gasteiger partial charge in [-0.15, -0.1) is 0 Å². The summed E-state index contributed by atoms with van der Waals surface area (Å²) in [6.45, 7) is 3.13. The molecular formula is C15H24N2O4. The molecule has 0 aromatic heterocycles. The summed E-state index contributed by atoms with van der Waals surface area (Å²) < 4.78 is 5.45. The van der Waals surface area contributed by atoms with E-state index in [0.29, 0.717) is 19.6 Å². The van der Waals surface area contributed by atoms with Crippen LogP contribution in [0.15, 0.2) is 0 Å². The van der Waals surface area contributed by atoms with Crippen LogP contribution in [0.3, 0.4) is 0 Å². The Morgan fingerprint density at radius 3 is 2.24 bits per heavy atom. The van der Waals surface area contributed by atoms with E-state index in [9.17, 15) is 14.4 Å². The van der Waals surface area contributed by atoms with Crippen LogP contribution in [0.1, 0.15) is 45.4 Å². The second-order valence-corrected chi connectivity index (χ2v) is 5.71. The van der Waals surface area contributed by atoms with Gasteiger partial charge in [-0.05, 0) is 32.6 Å². The Morgan fingerprint density at radius 1 is 1.05 bits per heavy atom. The molecule has 0 radical (unpaired) electrons. The van der Waals surface area contributed by atoms with Gasteiger partial charge in [0.05, 0.1) is 0 Å². The third-order valence-electron chi connectivity index (χ3n) is 4.20. The van der Waals surface area contributed by atoms with Gasteiger partial charge in [-0.25, -0.2) is 0 Å². The molecule has 1 saturated heterocycles. The third kappa shape index (κ3) is 4.19. The number of hydrogen-bond acceptors (Lipinski definition) is 4. The third-order valence-corrected chi connectivity index (χ3v) is 4.20. The molecule has 0 unspecified atom stereocenters. The van der Waals surface area contributed by atoms with Gasteiger partial charge < -0.3 is 14.5 Å². The largest absolute Gasteiger partial charge is 0.461 e. The number of likely N-dealkylation sites (N-methyl/N-ethyl adjacent to an activating group) is 1. The SMILES string of the molecule is CCN1CCN(CC(=O)OC2CCCCCC2)C(=O)C1=O. The highest BCUT2D eigenvalue weighted by Gasteiger charge is 2.33. The number of rotatable bonds is 4. The van der Waals surface area contributed by atoms with Gasteiger partial charge >= 0.3 is 17.8 Å². The lowest BCUT2D eigenvalue weighted by Gasteiger charge is -2.32. The maximum absolute atomic E-state index is 12.0. The molecule has 2 aliphatic rings. The molecule has 1 saturated carbocycles. The number of ether oxygens (including phenoxy) is 1. The Kier molecular flexibility index (Phi) is 5.59. The smallest absolute Gasteiger partial charge is 0.325 e. The molecule has 6 nitrogen and oxygen atoms in total. The molecule has 1 heterocycles. The summed E-state index contributed by atoms with van der Waals surface area (Å²) in [5, 5.41) is 0. The predicted octanol–water partition coefficient (Wildman–Crippen LogP) is 0.943. The first-order chi connectivity index (χ1) is 10.1. The fourth-order valence-corrected chi connectivity index (χ4v) is 2.91. The van der Waals surface area contributed by atoms with E-state index in [0.717, 1.165) is 25.7 Å². The molecule has 6 heteroatoms. The normalized spacial score (nSPS) is 21.4. The van der Waals surface area contributed by atoms with Crippen LogP contribution in [-0.4, -0.2) is 59.9 Å². The van der Waals surface area contributed by atoms with Crippen molar-refractivity contribution in [2.75, 3.05) is 26.2 Å². The van der Waals surface area contributed by atoms with Crippen molar-refractivity contribution >= 4 is 17.8 Å². The summed E-state index contributed by atoms with van der Waals surface area (Å²) in [5.74, 6) is -1.51. The number of esters is 1. The zero-order chi connectivity index (χ0) is 15.2. The first kappa shape index (κ1) is 15.8. The highest BCUT2D eigenvalue weighted by atomic mass is 16.5. The van der Waals surface area contributed by atoms with E-state index >= 15 is 0 Å². The van der Waals surface area contributed by atoms with E-state index in [2.05, 4.69) is 0 Å². The number of amides is 2. The number of nitrogens with zero attached hydrogens (tertiary/aromatic N) is 2. The standard InChI is InChI=1S/C15H24N2O4/c1-2-16-9-10-17(15(20)14(16)19)11-13(18)21-12-7-5-3-4-6-8-12/h12H,2-11H2,1H3. The average molecular weight is 296 g/mol. The topological polar surface area (TPSA) is 66.9 Å². The van der Waals surface area contributed by atoms with Crippen molar-refractivity contribution in [3.63, 3.8) is 0 Å². The molecule has 118 valence electrons. The lowest BCUT2D eigenvalue weighted by Crippen LogP contribution is -2.55. The van der Waals surface area contributed by atoms with Crippen molar-refractivity contribution in [3.05, 3.63) is 0 Å².